The zero-order valence-electron chi connectivity index (χ0n) is 8.94. The predicted octanol–water partition coefficient (Wildman–Crippen LogP) is 1.83. The first-order valence-corrected chi connectivity index (χ1v) is 4.74. The van der Waals surface area contributed by atoms with Crippen molar-refractivity contribution in [3.8, 4) is 0 Å². The summed E-state index contributed by atoms with van der Waals surface area (Å²) in [6.07, 6.45) is 1.30. The quantitative estimate of drug-likeness (QED) is 0.615. The van der Waals surface area contributed by atoms with E-state index in [-0.39, 0.29) is 0 Å². The average molecular weight is 204 g/mol. The highest BCUT2D eigenvalue weighted by molar-refractivity contribution is 5.74. The van der Waals surface area contributed by atoms with E-state index in [0.29, 0.717) is 16.7 Å². The van der Waals surface area contributed by atoms with E-state index in [1.807, 2.05) is 13.8 Å². The lowest BCUT2D eigenvalue weighted by atomic mass is 10.1. The van der Waals surface area contributed by atoms with Crippen molar-refractivity contribution in [1.29, 1.82) is 0 Å². The zero-order valence-corrected chi connectivity index (χ0v) is 8.94. The molecule has 0 aliphatic carbocycles. The van der Waals surface area contributed by atoms with Crippen LogP contribution in [0.2, 0.25) is 0 Å². The van der Waals surface area contributed by atoms with Gasteiger partial charge in [0.1, 0.15) is 5.52 Å². The molecule has 0 saturated heterocycles. The Balaban J connectivity index is 3.04. The molecule has 0 bridgehead atoms. The molecule has 0 radical (unpaired) electrons. The van der Waals surface area contributed by atoms with Crippen LogP contribution in [0.5, 0.6) is 0 Å². The van der Waals surface area contributed by atoms with Gasteiger partial charge in [0.2, 0.25) is 6.20 Å². The van der Waals surface area contributed by atoms with Gasteiger partial charge in [0.05, 0.1) is 10.1 Å². The molecule has 1 heterocycles. The highest BCUT2D eigenvalue weighted by Crippen LogP contribution is 2.16. The summed E-state index contributed by atoms with van der Waals surface area (Å²) in [5, 5.41) is 11.7. The van der Waals surface area contributed by atoms with Crippen LogP contribution in [0.1, 0.15) is 16.8 Å². The lowest BCUT2D eigenvalue weighted by Gasteiger charge is -2.14. The van der Waals surface area contributed by atoms with E-state index < -0.39 is 0 Å². The Hall–Kier alpha value is -1.84. The molecule has 0 aliphatic rings. The molecule has 0 fully saturated rings. The maximum absolute atomic E-state index is 11.7. The van der Waals surface area contributed by atoms with Crippen molar-refractivity contribution < 1.29 is 4.43 Å². The van der Waals surface area contributed by atoms with E-state index in [0.717, 1.165) is 20.3 Å². The largest absolute Gasteiger partial charge is 0.805 e. The number of fused-ring (bicyclic) bond motifs is 1. The Kier molecular flexibility index (Phi) is 2.00. The summed E-state index contributed by atoms with van der Waals surface area (Å²) in [5.74, 6) is 0. The number of nitrogens with zero attached hydrogens (tertiary/aromatic N) is 2. The highest BCUT2D eigenvalue weighted by atomic mass is 16.5. The fraction of sp³-hybridized carbons (Fsp3) is 0.273. The van der Waals surface area contributed by atoms with Crippen LogP contribution in [0.25, 0.3) is 11.0 Å². The van der Waals surface area contributed by atoms with Crippen molar-refractivity contribution >= 4 is 11.0 Å². The zero-order chi connectivity index (χ0) is 11.2. The second kappa shape index (κ2) is 3.08. The first-order valence-electron chi connectivity index (χ1n) is 4.74. The topological polar surface area (TPSA) is 51.0 Å². The molecule has 0 amide bonds. The van der Waals surface area contributed by atoms with Gasteiger partial charge in [0.25, 0.3) is 5.52 Å². The molecule has 0 N–H and O–H groups in total. The Morgan fingerprint density at radius 2 is 1.80 bits per heavy atom. The van der Waals surface area contributed by atoms with Crippen molar-refractivity contribution in [2.75, 3.05) is 0 Å². The fourth-order valence-electron chi connectivity index (χ4n) is 1.61. The summed E-state index contributed by atoms with van der Waals surface area (Å²) in [7, 11) is 0. The van der Waals surface area contributed by atoms with Crippen LogP contribution in [-0.2, 0) is 0 Å². The molecule has 78 valence electrons. The summed E-state index contributed by atoms with van der Waals surface area (Å²) >= 11 is 0. The molecule has 4 nitrogen and oxygen atoms in total. The Bertz CT molecular complexity index is 600. The molecule has 4 heteroatoms. The Morgan fingerprint density at radius 1 is 1.20 bits per heavy atom. The number of aromatic nitrogens is 2. The minimum Gasteiger partial charge on any atom is -0.805 e. The lowest BCUT2D eigenvalue weighted by Crippen LogP contribution is -2.19. The highest BCUT2D eigenvalue weighted by Gasteiger charge is 2.11. The third kappa shape index (κ3) is 1.38. The summed E-state index contributed by atoms with van der Waals surface area (Å²) in [6, 6.07) is 3.49. The third-order valence-electron chi connectivity index (χ3n) is 2.67. The first kappa shape index (κ1) is 9.71. The minimum absolute atomic E-state index is 0.403. The van der Waals surface area contributed by atoms with E-state index in [2.05, 4.69) is 0 Å². The molecule has 0 spiro atoms. The van der Waals surface area contributed by atoms with E-state index in [4.69, 9.17) is 0 Å². The van der Waals surface area contributed by atoms with E-state index in [9.17, 15) is 10.1 Å². The molecule has 2 aromatic rings. The fourth-order valence-corrected chi connectivity index (χ4v) is 1.61. The second-order valence-electron chi connectivity index (χ2n) is 3.82. The van der Waals surface area contributed by atoms with Crippen LogP contribution in [0.3, 0.4) is 0 Å². The van der Waals surface area contributed by atoms with E-state index in [1.54, 1.807) is 19.1 Å². The van der Waals surface area contributed by atoms with Crippen molar-refractivity contribution in [2.24, 2.45) is 0 Å². The van der Waals surface area contributed by atoms with Crippen LogP contribution >= 0.6 is 0 Å². The van der Waals surface area contributed by atoms with E-state index >= 15 is 0 Å². The average Bonchev–Trinajstić information content (AvgIpc) is 2.18. The van der Waals surface area contributed by atoms with Crippen LogP contribution in [0, 0.1) is 30.9 Å². The SMILES string of the molecule is Cc1cc2c(cc1C)[n+](=O)cc(C)n2[O-]. The number of hydrogen-bond acceptors (Lipinski definition) is 2. The summed E-state index contributed by atoms with van der Waals surface area (Å²) in [4.78, 5) is 11.6. The molecule has 0 atom stereocenters. The lowest BCUT2D eigenvalue weighted by molar-refractivity contribution is -0.465. The van der Waals surface area contributed by atoms with Crippen molar-refractivity contribution in [3.05, 3.63) is 45.3 Å². The third-order valence-corrected chi connectivity index (χ3v) is 2.67. The molecular weight excluding hydrogens is 192 g/mol. The molecule has 0 saturated carbocycles. The monoisotopic (exact) mass is 204 g/mol. The molecular formula is C11H12N2O2. The van der Waals surface area contributed by atoms with Gasteiger partial charge in [-0.25, -0.2) is 0 Å². The van der Waals surface area contributed by atoms with Gasteiger partial charge in [-0.2, -0.15) is 0 Å². The second-order valence-corrected chi connectivity index (χ2v) is 3.82. The van der Waals surface area contributed by atoms with Gasteiger partial charge in [0.15, 0.2) is 0 Å². The predicted molar refractivity (Wildman–Crippen MR) is 58.3 cm³/mol. The standard InChI is InChI=1S/C11H12N2O2/c1-7-4-10-11(5-8(7)2)13(15)9(3)6-12(10)14/h4-6H,1-3H3. The van der Waals surface area contributed by atoms with Crippen molar-refractivity contribution in [2.45, 2.75) is 20.8 Å². The van der Waals surface area contributed by atoms with Gasteiger partial charge < -0.3 is 9.94 Å². The van der Waals surface area contributed by atoms with Crippen LogP contribution in [0.15, 0.2) is 18.3 Å². The molecule has 1 aromatic carbocycles. The van der Waals surface area contributed by atoms with Gasteiger partial charge >= 0.3 is 0 Å². The van der Waals surface area contributed by atoms with Gasteiger partial charge in [-0.1, -0.05) is 0 Å². The van der Waals surface area contributed by atoms with Crippen LogP contribution in [-0.4, -0.2) is 4.73 Å². The number of aryl methyl sites for hydroxylation is 3. The number of hydrogen-bond donors (Lipinski definition) is 0. The van der Waals surface area contributed by atoms with Gasteiger partial charge in [-0.05, 0) is 38.0 Å². The van der Waals surface area contributed by atoms with E-state index in [1.165, 1.54) is 6.20 Å². The van der Waals surface area contributed by atoms with Crippen LogP contribution in [0.4, 0.5) is 0 Å². The molecule has 2 rings (SSSR count). The van der Waals surface area contributed by atoms with Crippen molar-refractivity contribution in [1.82, 2.24) is 4.73 Å². The van der Waals surface area contributed by atoms with Crippen LogP contribution < -0.4 is 4.43 Å². The van der Waals surface area contributed by atoms with Crippen molar-refractivity contribution in [3.63, 3.8) is 0 Å². The summed E-state index contributed by atoms with van der Waals surface area (Å²) < 4.78 is 1.53. The smallest absolute Gasteiger partial charge is 0.286 e. The van der Waals surface area contributed by atoms with Gasteiger partial charge in [-0.3, -0.25) is 0 Å². The maximum Gasteiger partial charge on any atom is 0.286 e. The van der Waals surface area contributed by atoms with Gasteiger partial charge in [-0.15, -0.1) is 0 Å². The Labute approximate surface area is 87.0 Å². The van der Waals surface area contributed by atoms with Gasteiger partial charge in [0, 0.05) is 11.0 Å². The molecule has 0 aliphatic heterocycles. The Morgan fingerprint density at radius 3 is 2.47 bits per heavy atom. The maximum atomic E-state index is 11.7. The number of benzene rings is 1. The normalized spacial score (nSPS) is 10.9. The molecule has 15 heavy (non-hydrogen) atoms. The molecule has 0 unspecified atom stereocenters. The summed E-state index contributed by atoms with van der Waals surface area (Å²) in [6.45, 7) is 5.46. The minimum atomic E-state index is 0.403. The number of rotatable bonds is 0. The summed E-state index contributed by atoms with van der Waals surface area (Å²) in [5.41, 5.74) is 3.27. The first-order chi connectivity index (χ1) is 7.00. The molecule has 1 aromatic heterocycles.